The third-order valence-electron chi connectivity index (χ3n) is 2.81. The smallest absolute Gasteiger partial charge is 0.225 e. The molecule has 0 saturated carbocycles. The molecule has 0 aliphatic heterocycles. The number of carbonyl (C=O) groups is 1. The molecule has 0 aliphatic rings. The normalized spacial score (nSPS) is 12.3. The molecule has 2 N–H and O–H groups in total. The van der Waals surface area contributed by atoms with Crippen LogP contribution in [0.1, 0.15) is 31.4 Å². The summed E-state index contributed by atoms with van der Waals surface area (Å²) in [6.07, 6.45) is 0.489. The standard InChI is InChI=1S/C14H21BrN2O/c1-5-16-11(4)8-13(18)17-14-9(2)6-12(15)7-10(14)3/h6-7,11,16H,5,8H2,1-4H3,(H,17,18). The molecule has 0 aromatic heterocycles. The lowest BCUT2D eigenvalue weighted by molar-refractivity contribution is -0.116. The first kappa shape index (κ1) is 15.2. The zero-order valence-electron chi connectivity index (χ0n) is 11.4. The number of hydrogen-bond acceptors (Lipinski definition) is 2. The van der Waals surface area contributed by atoms with Crippen LogP contribution < -0.4 is 10.6 Å². The molecule has 1 rings (SSSR count). The number of hydrogen-bond donors (Lipinski definition) is 2. The molecule has 1 aromatic carbocycles. The van der Waals surface area contributed by atoms with E-state index in [1.54, 1.807) is 0 Å². The number of rotatable bonds is 5. The zero-order chi connectivity index (χ0) is 13.7. The molecule has 0 spiro atoms. The first-order valence-electron chi connectivity index (χ1n) is 6.24. The highest BCUT2D eigenvalue weighted by Crippen LogP contribution is 2.25. The summed E-state index contributed by atoms with van der Waals surface area (Å²) in [6, 6.07) is 4.22. The van der Waals surface area contributed by atoms with E-state index in [0.29, 0.717) is 6.42 Å². The Bertz CT molecular complexity index is 409. The largest absolute Gasteiger partial charge is 0.326 e. The van der Waals surface area contributed by atoms with E-state index in [-0.39, 0.29) is 11.9 Å². The lowest BCUT2D eigenvalue weighted by Crippen LogP contribution is -2.30. The van der Waals surface area contributed by atoms with Crippen LogP contribution in [0.2, 0.25) is 0 Å². The summed E-state index contributed by atoms with van der Waals surface area (Å²) >= 11 is 3.45. The minimum atomic E-state index is 0.0528. The highest BCUT2D eigenvalue weighted by molar-refractivity contribution is 9.10. The van der Waals surface area contributed by atoms with Crippen molar-refractivity contribution in [3.8, 4) is 0 Å². The van der Waals surface area contributed by atoms with Gasteiger partial charge in [0.25, 0.3) is 0 Å². The number of carbonyl (C=O) groups excluding carboxylic acids is 1. The third kappa shape index (κ3) is 4.42. The maximum atomic E-state index is 11.9. The second-order valence-electron chi connectivity index (χ2n) is 4.63. The van der Waals surface area contributed by atoms with Crippen LogP contribution in [0.3, 0.4) is 0 Å². The van der Waals surface area contributed by atoms with Crippen molar-refractivity contribution in [2.45, 2.75) is 40.2 Å². The number of nitrogens with one attached hydrogen (secondary N) is 2. The van der Waals surface area contributed by atoms with Gasteiger partial charge in [-0.2, -0.15) is 0 Å². The van der Waals surface area contributed by atoms with Crippen LogP contribution in [0, 0.1) is 13.8 Å². The highest BCUT2D eigenvalue weighted by atomic mass is 79.9. The van der Waals surface area contributed by atoms with Crippen molar-refractivity contribution in [2.24, 2.45) is 0 Å². The monoisotopic (exact) mass is 312 g/mol. The van der Waals surface area contributed by atoms with Crippen molar-refractivity contribution in [1.29, 1.82) is 0 Å². The SMILES string of the molecule is CCNC(C)CC(=O)Nc1c(C)cc(Br)cc1C. The predicted octanol–water partition coefficient (Wildman–Crippen LogP) is 3.39. The summed E-state index contributed by atoms with van der Waals surface area (Å²) in [5.41, 5.74) is 3.07. The van der Waals surface area contributed by atoms with E-state index in [9.17, 15) is 4.79 Å². The molecule has 0 heterocycles. The molecule has 1 atom stereocenters. The number of anilines is 1. The van der Waals surface area contributed by atoms with Gasteiger partial charge in [-0.05, 0) is 50.6 Å². The summed E-state index contributed by atoms with van der Waals surface area (Å²) in [7, 11) is 0. The van der Waals surface area contributed by atoms with Gasteiger partial charge in [-0.3, -0.25) is 4.79 Å². The van der Waals surface area contributed by atoms with E-state index in [1.165, 1.54) is 0 Å². The Morgan fingerprint density at radius 1 is 1.33 bits per heavy atom. The van der Waals surface area contributed by atoms with Crippen molar-refractivity contribution in [3.63, 3.8) is 0 Å². The molecule has 0 saturated heterocycles. The minimum Gasteiger partial charge on any atom is -0.326 e. The molecule has 0 bridgehead atoms. The van der Waals surface area contributed by atoms with E-state index in [4.69, 9.17) is 0 Å². The lowest BCUT2D eigenvalue weighted by atomic mass is 10.1. The Labute approximate surface area is 117 Å². The molecular weight excluding hydrogens is 292 g/mol. The third-order valence-corrected chi connectivity index (χ3v) is 3.26. The van der Waals surface area contributed by atoms with Crippen molar-refractivity contribution in [1.82, 2.24) is 5.32 Å². The molecule has 0 aliphatic carbocycles. The van der Waals surface area contributed by atoms with Crippen molar-refractivity contribution in [2.75, 3.05) is 11.9 Å². The van der Waals surface area contributed by atoms with Crippen LogP contribution in [0.4, 0.5) is 5.69 Å². The Kier molecular flexibility index (Phi) is 5.82. The average molecular weight is 313 g/mol. The Morgan fingerprint density at radius 2 is 1.89 bits per heavy atom. The van der Waals surface area contributed by atoms with E-state index in [0.717, 1.165) is 27.8 Å². The lowest BCUT2D eigenvalue weighted by Gasteiger charge is -2.15. The van der Waals surface area contributed by atoms with Crippen LogP contribution in [0.5, 0.6) is 0 Å². The van der Waals surface area contributed by atoms with Crippen molar-refractivity contribution in [3.05, 3.63) is 27.7 Å². The second-order valence-corrected chi connectivity index (χ2v) is 5.54. The van der Waals surface area contributed by atoms with Gasteiger partial charge in [0.2, 0.25) is 5.91 Å². The van der Waals surface area contributed by atoms with Gasteiger partial charge in [0.15, 0.2) is 0 Å². The van der Waals surface area contributed by atoms with Crippen LogP contribution in [0.25, 0.3) is 0 Å². The fraction of sp³-hybridized carbons (Fsp3) is 0.500. The minimum absolute atomic E-state index is 0.0528. The molecule has 100 valence electrons. The summed E-state index contributed by atoms with van der Waals surface area (Å²) in [4.78, 5) is 11.9. The van der Waals surface area contributed by atoms with Gasteiger partial charge >= 0.3 is 0 Å². The summed E-state index contributed by atoms with van der Waals surface area (Å²) in [5, 5.41) is 6.23. The quantitative estimate of drug-likeness (QED) is 0.875. The fourth-order valence-corrected chi connectivity index (χ4v) is 2.68. The van der Waals surface area contributed by atoms with Gasteiger partial charge in [-0.15, -0.1) is 0 Å². The Balaban J connectivity index is 2.70. The molecule has 1 aromatic rings. The Hall–Kier alpha value is -0.870. The second kappa shape index (κ2) is 6.90. The molecular formula is C14H21BrN2O. The van der Waals surface area contributed by atoms with Gasteiger partial charge in [0.05, 0.1) is 0 Å². The van der Waals surface area contributed by atoms with Crippen LogP contribution in [-0.4, -0.2) is 18.5 Å². The number of halogens is 1. The fourth-order valence-electron chi connectivity index (χ4n) is 2.00. The number of amides is 1. The van der Waals surface area contributed by atoms with Gasteiger partial charge in [-0.1, -0.05) is 22.9 Å². The molecule has 4 heteroatoms. The maximum Gasteiger partial charge on any atom is 0.225 e. The zero-order valence-corrected chi connectivity index (χ0v) is 13.0. The van der Waals surface area contributed by atoms with E-state index >= 15 is 0 Å². The molecule has 18 heavy (non-hydrogen) atoms. The van der Waals surface area contributed by atoms with Gasteiger partial charge in [0.1, 0.15) is 0 Å². The van der Waals surface area contributed by atoms with Crippen LogP contribution in [-0.2, 0) is 4.79 Å². The van der Waals surface area contributed by atoms with Gasteiger partial charge in [-0.25, -0.2) is 0 Å². The van der Waals surface area contributed by atoms with Crippen molar-refractivity contribution >= 4 is 27.5 Å². The first-order chi connectivity index (χ1) is 8.43. The van der Waals surface area contributed by atoms with E-state index < -0.39 is 0 Å². The first-order valence-corrected chi connectivity index (χ1v) is 7.03. The summed E-state index contributed by atoms with van der Waals surface area (Å²) in [5.74, 6) is 0.0528. The molecule has 3 nitrogen and oxygen atoms in total. The predicted molar refractivity (Wildman–Crippen MR) is 80.0 cm³/mol. The average Bonchev–Trinajstić information content (AvgIpc) is 2.23. The topological polar surface area (TPSA) is 41.1 Å². The van der Waals surface area contributed by atoms with E-state index in [1.807, 2.05) is 39.8 Å². The highest BCUT2D eigenvalue weighted by Gasteiger charge is 2.11. The molecule has 1 unspecified atom stereocenters. The maximum absolute atomic E-state index is 11.9. The summed E-state index contributed by atoms with van der Waals surface area (Å²) < 4.78 is 1.04. The molecule has 1 amide bonds. The van der Waals surface area contributed by atoms with Crippen molar-refractivity contribution < 1.29 is 4.79 Å². The van der Waals surface area contributed by atoms with Gasteiger partial charge in [0, 0.05) is 22.6 Å². The molecule has 0 fully saturated rings. The molecule has 0 radical (unpaired) electrons. The van der Waals surface area contributed by atoms with Crippen LogP contribution in [0.15, 0.2) is 16.6 Å². The van der Waals surface area contributed by atoms with Gasteiger partial charge < -0.3 is 10.6 Å². The Morgan fingerprint density at radius 3 is 2.39 bits per heavy atom. The van der Waals surface area contributed by atoms with E-state index in [2.05, 4.69) is 26.6 Å². The number of benzene rings is 1. The van der Waals surface area contributed by atoms with Crippen LogP contribution >= 0.6 is 15.9 Å². The summed E-state index contributed by atoms with van der Waals surface area (Å²) in [6.45, 7) is 8.94. The number of aryl methyl sites for hydroxylation is 2.